The van der Waals surface area contributed by atoms with Gasteiger partial charge in [0.25, 0.3) is 10.0 Å². The van der Waals surface area contributed by atoms with Gasteiger partial charge in [-0.15, -0.1) is 11.3 Å². The summed E-state index contributed by atoms with van der Waals surface area (Å²) in [7, 11) is -3.81. The van der Waals surface area contributed by atoms with Crippen LogP contribution in [0.4, 0.5) is 17.3 Å². The van der Waals surface area contributed by atoms with Crippen LogP contribution in [0, 0.1) is 12.3 Å². The number of rotatable bonds is 11. The summed E-state index contributed by atoms with van der Waals surface area (Å²) in [4.78, 5) is 0. The number of aromatic hydroxyl groups is 1. The SMILES string of the molecule is CCOc1cc([C@H](N(I)c2nsnc2N(I)c2csc(S(=O)(=O)N(CC)CC)c2O)C(C)(C)C)ccc1C. The molecule has 3 aromatic rings. The molecule has 1 aromatic carbocycles. The topological polar surface area (TPSA) is 99.1 Å². The highest BCUT2D eigenvalue weighted by Crippen LogP contribution is 2.50. The molecular formula is C24H33I2N5O4S3. The number of ether oxygens (including phenoxy) is 1. The summed E-state index contributed by atoms with van der Waals surface area (Å²) in [5, 5.41) is 12.6. The zero-order chi connectivity index (χ0) is 28.4. The average Bonchev–Trinajstić information content (AvgIpc) is 3.48. The van der Waals surface area contributed by atoms with E-state index >= 15 is 0 Å². The number of sulfonamides is 1. The van der Waals surface area contributed by atoms with Crippen LogP contribution < -0.4 is 11.0 Å². The number of hydrogen-bond donors (Lipinski definition) is 1. The van der Waals surface area contributed by atoms with E-state index < -0.39 is 10.0 Å². The molecule has 9 nitrogen and oxygen atoms in total. The van der Waals surface area contributed by atoms with E-state index in [1.165, 1.54) is 4.31 Å². The second-order valence-electron chi connectivity index (χ2n) is 9.58. The van der Waals surface area contributed by atoms with Gasteiger partial charge in [0.05, 0.1) is 70.1 Å². The van der Waals surface area contributed by atoms with Crippen molar-refractivity contribution < 1.29 is 18.3 Å². The molecule has 0 unspecified atom stereocenters. The molecule has 3 rings (SSSR count). The van der Waals surface area contributed by atoms with E-state index in [1.54, 1.807) is 22.3 Å². The van der Waals surface area contributed by atoms with E-state index in [-0.39, 0.29) is 21.4 Å². The molecule has 38 heavy (non-hydrogen) atoms. The summed E-state index contributed by atoms with van der Waals surface area (Å²) < 4.78 is 46.1. The fourth-order valence-corrected chi connectivity index (χ4v) is 10.1. The first kappa shape index (κ1) is 31.6. The summed E-state index contributed by atoms with van der Waals surface area (Å²) in [6.45, 7) is 15.3. The molecule has 0 radical (unpaired) electrons. The summed E-state index contributed by atoms with van der Waals surface area (Å²) >= 11 is 6.36. The molecule has 0 saturated carbocycles. The van der Waals surface area contributed by atoms with Gasteiger partial charge in [0, 0.05) is 18.5 Å². The summed E-state index contributed by atoms with van der Waals surface area (Å²) in [5.74, 6) is 1.68. The number of aryl methyl sites for hydroxylation is 1. The predicted molar refractivity (Wildman–Crippen MR) is 173 cm³/mol. The van der Waals surface area contributed by atoms with Gasteiger partial charge in [-0.1, -0.05) is 46.8 Å². The Kier molecular flexibility index (Phi) is 10.6. The number of thiophene rings is 1. The summed E-state index contributed by atoms with van der Waals surface area (Å²) in [6, 6.07) is 6.16. The number of benzene rings is 1. The fraction of sp³-hybridized carbons (Fsp3) is 0.500. The van der Waals surface area contributed by atoms with Crippen molar-refractivity contribution in [1.29, 1.82) is 0 Å². The van der Waals surface area contributed by atoms with Gasteiger partial charge >= 0.3 is 0 Å². The molecular weight excluding hydrogens is 772 g/mol. The average molecular weight is 806 g/mol. The zero-order valence-corrected chi connectivity index (χ0v) is 29.2. The third kappa shape index (κ3) is 6.34. The van der Waals surface area contributed by atoms with Gasteiger partial charge in [0.2, 0.25) is 5.82 Å². The molecule has 2 heterocycles. The first-order valence-electron chi connectivity index (χ1n) is 12.1. The maximum Gasteiger partial charge on any atom is 0.256 e. The molecule has 0 aliphatic heterocycles. The van der Waals surface area contributed by atoms with Crippen LogP contribution >= 0.6 is 68.8 Å². The molecule has 0 fully saturated rings. The molecule has 2 aromatic heterocycles. The fourth-order valence-electron chi connectivity index (χ4n) is 4.07. The molecule has 0 aliphatic rings. The smallest absolute Gasteiger partial charge is 0.256 e. The maximum absolute atomic E-state index is 13.1. The normalized spacial score (nSPS) is 13.1. The van der Waals surface area contributed by atoms with Crippen molar-refractivity contribution in [3.05, 3.63) is 34.7 Å². The van der Waals surface area contributed by atoms with Gasteiger partial charge in [-0.25, -0.2) is 8.42 Å². The number of anilines is 3. The van der Waals surface area contributed by atoms with Gasteiger partial charge in [-0.3, -0.25) is 6.23 Å². The Labute approximate surface area is 261 Å². The Morgan fingerprint density at radius 3 is 2.32 bits per heavy atom. The van der Waals surface area contributed by atoms with Crippen molar-refractivity contribution in [2.45, 2.75) is 58.7 Å². The lowest BCUT2D eigenvalue weighted by Gasteiger charge is -2.37. The third-order valence-corrected chi connectivity index (χ3v) is 11.9. The largest absolute Gasteiger partial charge is 0.504 e. The highest BCUT2D eigenvalue weighted by molar-refractivity contribution is 14.1. The molecule has 1 atom stereocenters. The van der Waals surface area contributed by atoms with Crippen LogP contribution in [-0.2, 0) is 10.0 Å². The quantitative estimate of drug-likeness (QED) is 0.158. The van der Waals surface area contributed by atoms with Crippen LogP contribution in [0.25, 0.3) is 0 Å². The standard InChI is InChI=1S/C24H33I2N5O4S3/c1-8-29(9-2)38(33,34)23-19(32)17(14-36-23)30(25)21-22(28-37-27-21)31(26)20(24(5,6)7)16-12-11-15(4)18(13-16)35-10-3/h11-14,20,32H,8-10H2,1-7H3/t20-/m0/s1. The number of aromatic nitrogens is 2. The van der Waals surface area contributed by atoms with Crippen molar-refractivity contribution in [2.24, 2.45) is 5.41 Å². The molecule has 0 aliphatic carbocycles. The second kappa shape index (κ2) is 12.7. The van der Waals surface area contributed by atoms with Gasteiger partial charge in [-0.2, -0.15) is 13.1 Å². The number of nitrogens with zero attached hydrogens (tertiary/aromatic N) is 5. The first-order chi connectivity index (χ1) is 17.8. The molecule has 0 spiro atoms. The van der Waals surface area contributed by atoms with Crippen LogP contribution in [0.1, 0.15) is 58.7 Å². The number of hydrogen-bond acceptors (Lipinski definition) is 10. The number of halogens is 2. The maximum atomic E-state index is 13.1. The molecule has 0 amide bonds. The minimum Gasteiger partial charge on any atom is -0.504 e. The minimum absolute atomic E-state index is 0.0791. The van der Waals surface area contributed by atoms with E-state index in [4.69, 9.17) is 4.74 Å². The van der Waals surface area contributed by atoms with Gasteiger partial charge in [-0.05, 0) is 36.5 Å². The predicted octanol–water partition coefficient (Wildman–Crippen LogP) is 7.47. The first-order valence-corrected chi connectivity index (χ1v) is 17.0. The van der Waals surface area contributed by atoms with Crippen molar-refractivity contribution in [3.8, 4) is 11.5 Å². The molecule has 210 valence electrons. The zero-order valence-electron chi connectivity index (χ0n) is 22.4. The van der Waals surface area contributed by atoms with E-state index in [9.17, 15) is 13.5 Å². The van der Waals surface area contributed by atoms with Crippen LogP contribution in [0.5, 0.6) is 11.5 Å². The lowest BCUT2D eigenvalue weighted by molar-refractivity contribution is 0.326. The lowest BCUT2D eigenvalue weighted by Crippen LogP contribution is -2.31. The van der Waals surface area contributed by atoms with Crippen molar-refractivity contribution in [1.82, 2.24) is 13.1 Å². The van der Waals surface area contributed by atoms with Crippen LogP contribution in [0.3, 0.4) is 0 Å². The van der Waals surface area contributed by atoms with E-state index in [0.29, 0.717) is 37.0 Å². The van der Waals surface area contributed by atoms with Gasteiger partial charge in [0.15, 0.2) is 15.8 Å². The van der Waals surface area contributed by atoms with Crippen molar-refractivity contribution >= 4 is 96.1 Å². The Bertz CT molecular complexity index is 1350. The molecule has 1 N–H and O–H groups in total. The lowest BCUT2D eigenvalue weighted by atomic mass is 9.82. The van der Waals surface area contributed by atoms with Crippen molar-refractivity contribution in [3.63, 3.8) is 0 Å². The minimum atomic E-state index is -3.81. The Morgan fingerprint density at radius 1 is 1.11 bits per heavy atom. The van der Waals surface area contributed by atoms with E-state index in [1.807, 2.05) is 36.7 Å². The monoisotopic (exact) mass is 805 g/mol. The Balaban J connectivity index is 2.03. The Morgan fingerprint density at radius 2 is 1.74 bits per heavy atom. The van der Waals surface area contributed by atoms with Crippen LogP contribution in [0.15, 0.2) is 27.8 Å². The molecule has 14 heteroatoms. The highest BCUT2D eigenvalue weighted by Gasteiger charge is 2.36. The molecule has 0 bridgehead atoms. The van der Waals surface area contributed by atoms with Crippen molar-refractivity contribution in [2.75, 3.05) is 25.9 Å². The van der Waals surface area contributed by atoms with E-state index in [0.717, 1.165) is 39.9 Å². The summed E-state index contributed by atoms with van der Waals surface area (Å²) in [6.07, 6.45) is 0. The second-order valence-corrected chi connectivity index (χ2v) is 15.1. The van der Waals surface area contributed by atoms with Crippen LogP contribution in [-0.4, -0.2) is 46.3 Å². The third-order valence-electron chi connectivity index (χ3n) is 5.92. The summed E-state index contributed by atoms with van der Waals surface area (Å²) in [5.41, 5.74) is 2.31. The Hall–Kier alpha value is -0.950. The van der Waals surface area contributed by atoms with Crippen LogP contribution in [0.2, 0.25) is 0 Å². The highest BCUT2D eigenvalue weighted by atomic mass is 127. The van der Waals surface area contributed by atoms with Gasteiger partial charge < -0.3 is 9.84 Å². The molecule has 0 saturated heterocycles. The van der Waals surface area contributed by atoms with Gasteiger partial charge in [0.1, 0.15) is 11.4 Å². The van der Waals surface area contributed by atoms with E-state index in [2.05, 4.69) is 73.7 Å².